The Morgan fingerprint density at radius 2 is 1.75 bits per heavy atom. The van der Waals surface area contributed by atoms with E-state index in [9.17, 15) is 19.2 Å². The number of esters is 1. The van der Waals surface area contributed by atoms with E-state index < -0.39 is 29.9 Å². The van der Waals surface area contributed by atoms with Crippen LogP contribution < -0.4 is 10.6 Å². The molecule has 8 nitrogen and oxygen atoms in total. The Labute approximate surface area is 185 Å². The number of fused-ring (bicyclic) bond motifs is 1. The lowest BCUT2D eigenvalue weighted by Crippen LogP contribution is -2.44. The van der Waals surface area contributed by atoms with E-state index in [2.05, 4.69) is 10.6 Å². The highest BCUT2D eigenvalue weighted by Crippen LogP contribution is 2.41. The van der Waals surface area contributed by atoms with Crippen LogP contribution in [-0.2, 0) is 19.1 Å². The fraction of sp³-hybridized carbons (Fsp3) is 0.333. The smallest absolute Gasteiger partial charge is 0.307 e. The van der Waals surface area contributed by atoms with Gasteiger partial charge in [0.05, 0.1) is 26.1 Å². The van der Waals surface area contributed by atoms with Gasteiger partial charge in [-0.3, -0.25) is 19.2 Å². The molecular formula is C24H25N3O5. The molecule has 2 aliphatic rings. The number of hydrogen-bond donors (Lipinski definition) is 2. The number of hydrogen-bond acceptors (Lipinski definition) is 5. The van der Waals surface area contributed by atoms with Gasteiger partial charge in [0.15, 0.2) is 0 Å². The molecule has 1 saturated carbocycles. The maximum Gasteiger partial charge on any atom is 0.307 e. The summed E-state index contributed by atoms with van der Waals surface area (Å²) < 4.78 is 4.74. The second-order valence-electron chi connectivity index (χ2n) is 7.96. The molecule has 0 aromatic heterocycles. The van der Waals surface area contributed by atoms with Gasteiger partial charge in [0.2, 0.25) is 11.8 Å². The van der Waals surface area contributed by atoms with Gasteiger partial charge in [-0.25, -0.2) is 0 Å². The quantitative estimate of drug-likeness (QED) is 0.616. The normalized spacial score (nSPS) is 18.0. The predicted molar refractivity (Wildman–Crippen MR) is 115 cm³/mol. The monoisotopic (exact) mass is 435 g/mol. The molecule has 0 spiro atoms. The van der Waals surface area contributed by atoms with Crippen molar-refractivity contribution in [1.82, 2.24) is 15.5 Å². The van der Waals surface area contributed by atoms with Crippen LogP contribution in [0.15, 0.2) is 54.6 Å². The summed E-state index contributed by atoms with van der Waals surface area (Å²) in [6.45, 7) is -0.269. The standard InChI is InChI=1S/C24H25N3O5/c1-32-21(29)13-19(15-7-3-2-4-8-15)26-20(28)14-25-23(30)22-17-9-5-6-10-18(17)24(31)27(22)16-11-12-16/h2-10,16,19,22H,11-14H2,1H3,(H,25,30)(H,26,28)/t19-,22+/m0/s1. The molecule has 1 heterocycles. The molecule has 0 saturated heterocycles. The Hall–Kier alpha value is -3.68. The second kappa shape index (κ2) is 9.21. The van der Waals surface area contributed by atoms with Crippen LogP contribution in [0.3, 0.4) is 0 Å². The molecule has 2 atom stereocenters. The highest BCUT2D eigenvalue weighted by atomic mass is 16.5. The summed E-state index contributed by atoms with van der Waals surface area (Å²) in [4.78, 5) is 51.8. The molecule has 166 valence electrons. The summed E-state index contributed by atoms with van der Waals surface area (Å²) in [6, 6.07) is 14.9. The molecule has 1 fully saturated rings. The zero-order valence-electron chi connectivity index (χ0n) is 17.7. The molecule has 2 N–H and O–H groups in total. The lowest BCUT2D eigenvalue weighted by Gasteiger charge is -2.24. The number of benzene rings is 2. The van der Waals surface area contributed by atoms with Gasteiger partial charge in [-0.15, -0.1) is 0 Å². The summed E-state index contributed by atoms with van der Waals surface area (Å²) >= 11 is 0. The molecular weight excluding hydrogens is 410 g/mol. The molecule has 0 bridgehead atoms. The molecule has 8 heteroatoms. The zero-order chi connectivity index (χ0) is 22.7. The van der Waals surface area contributed by atoms with Crippen LogP contribution in [0, 0.1) is 0 Å². The van der Waals surface area contributed by atoms with E-state index in [0.29, 0.717) is 11.1 Å². The largest absolute Gasteiger partial charge is 0.469 e. The highest BCUT2D eigenvalue weighted by Gasteiger charge is 2.47. The molecule has 2 aromatic carbocycles. The van der Waals surface area contributed by atoms with Crippen molar-refractivity contribution in [2.45, 2.75) is 37.4 Å². The maximum atomic E-state index is 13.0. The first kappa shape index (κ1) is 21.5. The van der Waals surface area contributed by atoms with Crippen LogP contribution in [0.2, 0.25) is 0 Å². The van der Waals surface area contributed by atoms with Crippen LogP contribution in [-0.4, -0.2) is 48.3 Å². The van der Waals surface area contributed by atoms with Crippen LogP contribution in [0.1, 0.15) is 52.8 Å². The Bertz CT molecular complexity index is 1030. The molecule has 2 aromatic rings. The maximum absolute atomic E-state index is 13.0. The lowest BCUT2D eigenvalue weighted by atomic mass is 10.0. The highest BCUT2D eigenvalue weighted by molar-refractivity contribution is 6.05. The van der Waals surface area contributed by atoms with Crippen molar-refractivity contribution < 1.29 is 23.9 Å². The first-order chi connectivity index (χ1) is 15.5. The molecule has 1 aliphatic heterocycles. The summed E-state index contributed by atoms with van der Waals surface area (Å²) in [5.41, 5.74) is 1.95. The van der Waals surface area contributed by atoms with E-state index >= 15 is 0 Å². The number of nitrogens with zero attached hydrogens (tertiary/aromatic N) is 1. The number of ether oxygens (including phenoxy) is 1. The summed E-state index contributed by atoms with van der Waals surface area (Å²) in [5, 5.41) is 5.45. The van der Waals surface area contributed by atoms with E-state index in [1.165, 1.54) is 7.11 Å². The number of carbonyl (C=O) groups excluding carboxylic acids is 4. The van der Waals surface area contributed by atoms with Crippen molar-refractivity contribution in [3.8, 4) is 0 Å². The van der Waals surface area contributed by atoms with Gasteiger partial charge in [-0.1, -0.05) is 48.5 Å². The van der Waals surface area contributed by atoms with Crippen LogP contribution in [0.4, 0.5) is 0 Å². The van der Waals surface area contributed by atoms with E-state index in [1.54, 1.807) is 41.3 Å². The Balaban J connectivity index is 1.42. The minimum absolute atomic E-state index is 0.0276. The molecule has 0 unspecified atom stereocenters. The number of amides is 3. The summed E-state index contributed by atoms with van der Waals surface area (Å²) in [5.74, 6) is -1.43. The molecule has 1 aliphatic carbocycles. The Morgan fingerprint density at radius 3 is 2.44 bits per heavy atom. The molecule has 3 amide bonds. The first-order valence-electron chi connectivity index (χ1n) is 10.6. The van der Waals surface area contributed by atoms with E-state index in [1.807, 2.05) is 18.2 Å². The Morgan fingerprint density at radius 1 is 1.06 bits per heavy atom. The second-order valence-corrected chi connectivity index (χ2v) is 7.96. The summed E-state index contributed by atoms with van der Waals surface area (Å²) in [6.07, 6.45) is 1.71. The lowest BCUT2D eigenvalue weighted by molar-refractivity contribution is -0.141. The first-order valence-corrected chi connectivity index (χ1v) is 10.6. The number of carbonyl (C=O) groups is 4. The average Bonchev–Trinajstić information content (AvgIpc) is 3.61. The SMILES string of the molecule is COC(=O)C[C@H](NC(=O)CNC(=O)[C@H]1c2ccccc2C(=O)N1C1CC1)c1ccccc1. The van der Waals surface area contributed by atoms with Crippen molar-refractivity contribution in [2.24, 2.45) is 0 Å². The Kier molecular flexibility index (Phi) is 6.20. The van der Waals surface area contributed by atoms with E-state index in [4.69, 9.17) is 4.74 Å². The van der Waals surface area contributed by atoms with Gasteiger partial charge in [0.25, 0.3) is 5.91 Å². The van der Waals surface area contributed by atoms with Gasteiger partial charge < -0.3 is 20.3 Å². The van der Waals surface area contributed by atoms with Crippen LogP contribution in [0.5, 0.6) is 0 Å². The molecule has 0 radical (unpaired) electrons. The fourth-order valence-corrected chi connectivity index (χ4v) is 4.03. The fourth-order valence-electron chi connectivity index (χ4n) is 4.03. The number of methoxy groups -OCH3 is 1. The van der Waals surface area contributed by atoms with Gasteiger partial charge in [0, 0.05) is 11.6 Å². The van der Waals surface area contributed by atoms with Crippen molar-refractivity contribution in [3.05, 3.63) is 71.3 Å². The van der Waals surface area contributed by atoms with Crippen molar-refractivity contribution in [3.63, 3.8) is 0 Å². The zero-order valence-corrected chi connectivity index (χ0v) is 17.7. The van der Waals surface area contributed by atoms with Crippen LogP contribution in [0.25, 0.3) is 0 Å². The third kappa shape index (κ3) is 4.49. The predicted octanol–water partition coefficient (Wildman–Crippen LogP) is 1.88. The molecule has 32 heavy (non-hydrogen) atoms. The topological polar surface area (TPSA) is 105 Å². The minimum Gasteiger partial charge on any atom is -0.469 e. The average molecular weight is 435 g/mol. The number of nitrogens with one attached hydrogen (secondary N) is 2. The third-order valence-corrected chi connectivity index (χ3v) is 5.75. The van der Waals surface area contributed by atoms with Crippen molar-refractivity contribution in [1.29, 1.82) is 0 Å². The van der Waals surface area contributed by atoms with Gasteiger partial charge in [0.1, 0.15) is 6.04 Å². The summed E-state index contributed by atoms with van der Waals surface area (Å²) in [7, 11) is 1.29. The van der Waals surface area contributed by atoms with E-state index in [-0.39, 0.29) is 24.9 Å². The van der Waals surface area contributed by atoms with Crippen LogP contribution >= 0.6 is 0 Å². The van der Waals surface area contributed by atoms with Gasteiger partial charge in [-0.2, -0.15) is 0 Å². The number of rotatable bonds is 8. The molecule has 4 rings (SSSR count). The van der Waals surface area contributed by atoms with Gasteiger partial charge in [-0.05, 0) is 30.0 Å². The van der Waals surface area contributed by atoms with Crippen molar-refractivity contribution in [2.75, 3.05) is 13.7 Å². The van der Waals surface area contributed by atoms with Crippen molar-refractivity contribution >= 4 is 23.7 Å². The van der Waals surface area contributed by atoms with E-state index in [0.717, 1.165) is 18.4 Å². The van der Waals surface area contributed by atoms with Gasteiger partial charge >= 0.3 is 5.97 Å². The minimum atomic E-state index is -0.737. The third-order valence-electron chi connectivity index (χ3n) is 5.75.